The van der Waals surface area contributed by atoms with Crippen molar-refractivity contribution in [3.63, 3.8) is 0 Å². The van der Waals surface area contributed by atoms with Crippen LogP contribution < -0.4 is 4.74 Å². The Morgan fingerprint density at radius 1 is 1.14 bits per heavy atom. The van der Waals surface area contributed by atoms with Crippen LogP contribution in [0.15, 0.2) is 48.5 Å². The summed E-state index contributed by atoms with van der Waals surface area (Å²) in [6.07, 6.45) is 0. The first-order chi connectivity index (χ1) is 13.6. The van der Waals surface area contributed by atoms with E-state index >= 15 is 0 Å². The van der Waals surface area contributed by atoms with Gasteiger partial charge < -0.3 is 9.30 Å². The van der Waals surface area contributed by atoms with Crippen LogP contribution in [0, 0.1) is 4.77 Å². The second-order valence-corrected chi connectivity index (χ2v) is 8.08. The molecule has 0 fully saturated rings. The highest BCUT2D eigenvalue weighted by Crippen LogP contribution is 2.28. The average molecular weight is 412 g/mol. The van der Waals surface area contributed by atoms with Gasteiger partial charge in [0.15, 0.2) is 10.6 Å². The van der Waals surface area contributed by atoms with Gasteiger partial charge >= 0.3 is 0 Å². The molecule has 28 heavy (non-hydrogen) atoms. The monoisotopic (exact) mass is 411 g/mol. The van der Waals surface area contributed by atoms with Crippen LogP contribution in [0.4, 0.5) is 0 Å². The van der Waals surface area contributed by atoms with Crippen molar-refractivity contribution in [1.82, 2.24) is 24.2 Å². The Kier molecular flexibility index (Phi) is 5.25. The van der Waals surface area contributed by atoms with Gasteiger partial charge in [-0.3, -0.25) is 4.90 Å². The molecule has 2 aromatic carbocycles. The molecule has 0 aliphatic heterocycles. The third-order valence-electron chi connectivity index (χ3n) is 4.51. The first-order valence-corrected chi connectivity index (χ1v) is 10.1. The Morgan fingerprint density at radius 2 is 1.89 bits per heavy atom. The van der Waals surface area contributed by atoms with E-state index in [1.54, 1.807) is 18.4 Å². The average Bonchev–Trinajstić information content (AvgIpc) is 3.23. The maximum Gasteiger partial charge on any atom is 0.199 e. The van der Waals surface area contributed by atoms with Gasteiger partial charge in [-0.25, -0.2) is 9.67 Å². The molecule has 4 aromatic rings. The molecule has 8 heteroatoms. The van der Waals surface area contributed by atoms with Gasteiger partial charge in [0, 0.05) is 7.05 Å². The van der Waals surface area contributed by atoms with Crippen molar-refractivity contribution in [2.75, 3.05) is 14.2 Å². The fourth-order valence-electron chi connectivity index (χ4n) is 3.14. The molecule has 0 spiro atoms. The Balaban J connectivity index is 1.57. The van der Waals surface area contributed by atoms with Crippen LogP contribution >= 0.6 is 23.6 Å². The maximum atomic E-state index is 5.61. The molecular weight excluding hydrogens is 390 g/mol. The predicted octanol–water partition coefficient (Wildman–Crippen LogP) is 4.33. The summed E-state index contributed by atoms with van der Waals surface area (Å²) >= 11 is 7.33. The van der Waals surface area contributed by atoms with Gasteiger partial charge in [-0.05, 0) is 43.5 Å². The first-order valence-electron chi connectivity index (χ1n) is 8.87. The number of para-hydroxylation sites is 2. The fourth-order valence-corrected chi connectivity index (χ4v) is 4.37. The summed E-state index contributed by atoms with van der Waals surface area (Å²) in [6, 6.07) is 16.0. The van der Waals surface area contributed by atoms with Crippen LogP contribution in [0.5, 0.6) is 5.75 Å². The molecule has 0 bridgehead atoms. The molecule has 0 N–H and O–H groups in total. The highest BCUT2D eigenvalue weighted by atomic mass is 32.1. The van der Waals surface area contributed by atoms with Crippen molar-refractivity contribution in [2.24, 2.45) is 7.05 Å². The number of aromatic nitrogens is 4. The van der Waals surface area contributed by atoms with E-state index in [0.29, 0.717) is 11.4 Å². The summed E-state index contributed by atoms with van der Waals surface area (Å²) in [5.74, 6) is 1.57. The molecular formula is C20H21N5OS2. The Morgan fingerprint density at radius 3 is 2.68 bits per heavy atom. The van der Waals surface area contributed by atoms with Crippen molar-refractivity contribution in [3.8, 4) is 17.1 Å². The zero-order valence-corrected chi connectivity index (χ0v) is 17.6. The summed E-state index contributed by atoms with van der Waals surface area (Å²) < 4.78 is 11.1. The molecule has 0 saturated heterocycles. The van der Waals surface area contributed by atoms with Crippen LogP contribution in [0.2, 0.25) is 0 Å². The van der Waals surface area contributed by atoms with E-state index in [4.69, 9.17) is 27.0 Å². The van der Waals surface area contributed by atoms with Gasteiger partial charge in [0.2, 0.25) is 0 Å². The summed E-state index contributed by atoms with van der Waals surface area (Å²) in [4.78, 5) is 6.87. The predicted molar refractivity (Wildman–Crippen MR) is 115 cm³/mol. The zero-order chi connectivity index (χ0) is 19.7. The molecule has 144 valence electrons. The smallest absolute Gasteiger partial charge is 0.199 e. The lowest BCUT2D eigenvalue weighted by atomic mass is 10.2. The van der Waals surface area contributed by atoms with Crippen LogP contribution in [0.1, 0.15) is 5.01 Å². The number of methoxy groups -OCH3 is 1. The minimum atomic E-state index is 0.581. The van der Waals surface area contributed by atoms with Crippen molar-refractivity contribution in [2.45, 2.75) is 13.2 Å². The number of benzene rings is 2. The topological polar surface area (TPSA) is 48.1 Å². The highest BCUT2D eigenvalue weighted by molar-refractivity contribution is 7.71. The molecule has 0 atom stereocenters. The molecule has 6 nitrogen and oxygen atoms in total. The van der Waals surface area contributed by atoms with E-state index in [2.05, 4.69) is 11.0 Å². The summed E-state index contributed by atoms with van der Waals surface area (Å²) in [5, 5.41) is 5.83. The minimum absolute atomic E-state index is 0.581. The lowest BCUT2D eigenvalue weighted by Crippen LogP contribution is -2.22. The molecule has 0 unspecified atom stereocenters. The first kappa shape index (κ1) is 18.8. The minimum Gasteiger partial charge on any atom is -0.496 e. The molecule has 0 saturated carbocycles. The summed E-state index contributed by atoms with van der Waals surface area (Å²) in [6.45, 7) is 1.32. The van der Waals surface area contributed by atoms with Crippen molar-refractivity contribution < 1.29 is 4.74 Å². The number of thiazole rings is 1. The lowest BCUT2D eigenvalue weighted by molar-refractivity contribution is 0.244. The van der Waals surface area contributed by atoms with Crippen molar-refractivity contribution >= 4 is 33.8 Å². The van der Waals surface area contributed by atoms with E-state index in [-0.39, 0.29) is 0 Å². The van der Waals surface area contributed by atoms with Crippen LogP contribution in [0.25, 0.3) is 21.6 Å². The largest absolute Gasteiger partial charge is 0.496 e. The SMILES string of the molecule is COc1ccccc1-c1nn(CN(C)Cc2nc3ccccc3s2)c(=S)n1C. The van der Waals surface area contributed by atoms with Crippen molar-refractivity contribution in [1.29, 1.82) is 0 Å². The van der Waals surface area contributed by atoms with E-state index in [1.165, 1.54) is 4.70 Å². The normalized spacial score (nSPS) is 11.4. The molecule has 0 aliphatic rings. The van der Waals surface area contributed by atoms with Gasteiger partial charge in [0.1, 0.15) is 10.8 Å². The Bertz CT molecular complexity index is 1140. The molecule has 2 aromatic heterocycles. The van der Waals surface area contributed by atoms with Crippen molar-refractivity contribution in [3.05, 3.63) is 58.3 Å². The zero-order valence-electron chi connectivity index (χ0n) is 16.0. The second-order valence-electron chi connectivity index (χ2n) is 6.60. The van der Waals surface area contributed by atoms with Gasteiger partial charge in [-0.1, -0.05) is 24.3 Å². The van der Waals surface area contributed by atoms with Gasteiger partial charge in [0.05, 0.1) is 36.1 Å². The van der Waals surface area contributed by atoms with Gasteiger partial charge in [0.25, 0.3) is 0 Å². The van der Waals surface area contributed by atoms with Crippen LogP contribution in [0.3, 0.4) is 0 Å². The lowest BCUT2D eigenvalue weighted by Gasteiger charge is -2.14. The number of nitrogens with zero attached hydrogens (tertiary/aromatic N) is 5. The standard InChI is InChI=1S/C20H21N5OS2/c1-23(12-18-21-15-9-5-7-11-17(15)28-18)13-25-20(27)24(2)19(22-25)14-8-4-6-10-16(14)26-3/h4-11H,12-13H2,1-3H3. The second kappa shape index (κ2) is 7.83. The quantitative estimate of drug-likeness (QED) is 0.442. The molecule has 2 heterocycles. The number of rotatable bonds is 6. The van der Waals surface area contributed by atoms with Crippen LogP contribution in [-0.2, 0) is 20.3 Å². The number of hydrogen-bond donors (Lipinski definition) is 0. The van der Waals surface area contributed by atoms with E-state index in [1.807, 2.05) is 65.8 Å². The summed E-state index contributed by atoms with van der Waals surface area (Å²) in [7, 11) is 5.64. The number of fused-ring (bicyclic) bond motifs is 1. The number of ether oxygens (including phenoxy) is 1. The third-order valence-corrected chi connectivity index (χ3v) is 6.01. The van der Waals surface area contributed by atoms with E-state index < -0.39 is 0 Å². The fraction of sp³-hybridized carbons (Fsp3) is 0.250. The molecule has 0 radical (unpaired) electrons. The Hall–Kier alpha value is -2.55. The van der Waals surface area contributed by atoms with Gasteiger partial charge in [-0.15, -0.1) is 11.3 Å². The van der Waals surface area contributed by atoms with Gasteiger partial charge in [-0.2, -0.15) is 5.10 Å². The maximum absolute atomic E-state index is 5.61. The highest BCUT2D eigenvalue weighted by Gasteiger charge is 2.15. The molecule has 0 aliphatic carbocycles. The number of hydrogen-bond acceptors (Lipinski definition) is 6. The molecule has 0 amide bonds. The Labute approximate surface area is 172 Å². The van der Waals surface area contributed by atoms with E-state index in [9.17, 15) is 0 Å². The van der Waals surface area contributed by atoms with E-state index in [0.717, 1.165) is 34.2 Å². The third kappa shape index (κ3) is 3.58. The van der Waals surface area contributed by atoms with Crippen LogP contribution in [-0.4, -0.2) is 38.4 Å². The summed E-state index contributed by atoms with van der Waals surface area (Å²) in [5.41, 5.74) is 1.97. The molecule has 4 rings (SSSR count).